The normalized spacial score (nSPS) is 13.9. The zero-order chi connectivity index (χ0) is 18.0. The summed E-state index contributed by atoms with van der Waals surface area (Å²) in [6.07, 6.45) is 2.04. The Morgan fingerprint density at radius 2 is 2.08 bits per heavy atom. The number of methoxy groups -OCH3 is 1. The van der Waals surface area contributed by atoms with E-state index in [4.69, 9.17) is 9.15 Å². The van der Waals surface area contributed by atoms with Crippen LogP contribution in [0.2, 0.25) is 0 Å². The zero-order valence-electron chi connectivity index (χ0n) is 13.9. The van der Waals surface area contributed by atoms with E-state index in [0.29, 0.717) is 18.5 Å². The Morgan fingerprint density at radius 3 is 2.76 bits per heavy atom. The highest BCUT2D eigenvalue weighted by Crippen LogP contribution is 2.29. The Kier molecular flexibility index (Phi) is 4.56. The third kappa shape index (κ3) is 3.26. The fourth-order valence-electron chi connectivity index (χ4n) is 2.85. The number of anilines is 1. The Hall–Kier alpha value is -3.09. The highest BCUT2D eigenvalue weighted by Gasteiger charge is 2.29. The Morgan fingerprint density at radius 1 is 1.28 bits per heavy atom. The van der Waals surface area contributed by atoms with Gasteiger partial charge in [-0.05, 0) is 49.2 Å². The lowest BCUT2D eigenvalue weighted by Crippen LogP contribution is -2.46. The summed E-state index contributed by atoms with van der Waals surface area (Å²) in [5.74, 6) is -0.911. The van der Waals surface area contributed by atoms with Gasteiger partial charge in [-0.3, -0.25) is 9.59 Å². The van der Waals surface area contributed by atoms with Crippen LogP contribution in [0.5, 0.6) is 0 Å². The molecular formula is C18H18N2O5. The molecule has 25 heavy (non-hydrogen) atoms. The quantitative estimate of drug-likeness (QED) is 0.856. The molecule has 1 aromatic heterocycles. The summed E-state index contributed by atoms with van der Waals surface area (Å²) >= 11 is 0. The van der Waals surface area contributed by atoms with Crippen LogP contribution >= 0.6 is 0 Å². The lowest BCUT2D eigenvalue weighted by atomic mass is 10.1. The van der Waals surface area contributed by atoms with E-state index in [9.17, 15) is 14.4 Å². The molecule has 1 aliphatic heterocycles. The van der Waals surface area contributed by atoms with Crippen molar-refractivity contribution in [1.29, 1.82) is 0 Å². The molecule has 7 heteroatoms. The lowest BCUT2D eigenvalue weighted by molar-refractivity contribution is -0.119. The maximum atomic E-state index is 12.7. The largest absolute Gasteiger partial charge is 0.465 e. The van der Waals surface area contributed by atoms with Crippen molar-refractivity contribution >= 4 is 23.5 Å². The number of furan rings is 1. The van der Waals surface area contributed by atoms with Crippen LogP contribution in [0, 0.1) is 0 Å². The smallest absolute Gasteiger partial charge is 0.337 e. The van der Waals surface area contributed by atoms with Gasteiger partial charge >= 0.3 is 5.97 Å². The molecule has 1 atom stereocenters. The van der Waals surface area contributed by atoms with Crippen molar-refractivity contribution in [2.24, 2.45) is 0 Å². The van der Waals surface area contributed by atoms with Gasteiger partial charge < -0.3 is 19.4 Å². The molecule has 0 saturated heterocycles. The number of amides is 2. The van der Waals surface area contributed by atoms with Crippen molar-refractivity contribution in [3.05, 3.63) is 53.5 Å². The van der Waals surface area contributed by atoms with Crippen LogP contribution in [0.25, 0.3) is 0 Å². The van der Waals surface area contributed by atoms with Gasteiger partial charge in [0.15, 0.2) is 5.76 Å². The van der Waals surface area contributed by atoms with Gasteiger partial charge in [0.1, 0.15) is 6.04 Å². The van der Waals surface area contributed by atoms with Crippen LogP contribution in [0.3, 0.4) is 0 Å². The molecule has 130 valence electrons. The molecule has 2 amide bonds. The van der Waals surface area contributed by atoms with Gasteiger partial charge in [-0.1, -0.05) is 0 Å². The van der Waals surface area contributed by atoms with E-state index in [1.165, 1.54) is 19.4 Å². The second-order valence-corrected chi connectivity index (χ2v) is 5.75. The van der Waals surface area contributed by atoms with Gasteiger partial charge in [0.2, 0.25) is 5.91 Å². The number of esters is 1. The summed E-state index contributed by atoms with van der Waals surface area (Å²) in [5.41, 5.74) is 2.10. The van der Waals surface area contributed by atoms with Crippen LogP contribution in [0.15, 0.2) is 41.0 Å². The van der Waals surface area contributed by atoms with E-state index in [2.05, 4.69) is 5.32 Å². The fraction of sp³-hybridized carbons (Fsp3) is 0.278. The van der Waals surface area contributed by atoms with Crippen molar-refractivity contribution in [3.63, 3.8) is 0 Å². The van der Waals surface area contributed by atoms with E-state index in [1.807, 2.05) is 0 Å². The number of ether oxygens (including phenoxy) is 1. The number of carbonyl (C=O) groups excluding carboxylic acids is 3. The first kappa shape index (κ1) is 16.8. The van der Waals surface area contributed by atoms with E-state index in [1.54, 1.807) is 36.1 Å². The maximum absolute atomic E-state index is 12.7. The molecule has 1 N–H and O–H groups in total. The third-order valence-corrected chi connectivity index (χ3v) is 4.13. The topological polar surface area (TPSA) is 88.9 Å². The van der Waals surface area contributed by atoms with Crippen molar-refractivity contribution in [2.75, 3.05) is 18.6 Å². The monoisotopic (exact) mass is 342 g/mol. The molecule has 2 aromatic rings. The molecule has 0 bridgehead atoms. The summed E-state index contributed by atoms with van der Waals surface area (Å²) < 4.78 is 9.73. The average Bonchev–Trinajstić information content (AvgIpc) is 3.29. The predicted molar refractivity (Wildman–Crippen MR) is 89.5 cm³/mol. The Balaban J connectivity index is 1.72. The first-order valence-corrected chi connectivity index (χ1v) is 7.88. The molecule has 0 spiro atoms. The van der Waals surface area contributed by atoms with E-state index >= 15 is 0 Å². The summed E-state index contributed by atoms with van der Waals surface area (Å²) in [7, 11) is 1.33. The maximum Gasteiger partial charge on any atom is 0.337 e. The second kappa shape index (κ2) is 6.80. The molecule has 7 nitrogen and oxygen atoms in total. The molecule has 0 saturated carbocycles. The molecule has 0 unspecified atom stereocenters. The first-order valence-electron chi connectivity index (χ1n) is 7.88. The minimum Gasteiger partial charge on any atom is -0.465 e. The highest BCUT2D eigenvalue weighted by atomic mass is 16.5. The summed E-state index contributed by atoms with van der Waals surface area (Å²) in [6.45, 7) is 2.13. The number of fused-ring (bicyclic) bond motifs is 1. The summed E-state index contributed by atoms with van der Waals surface area (Å²) in [6, 6.07) is 7.53. The number of rotatable bonds is 4. The molecule has 2 heterocycles. The minimum absolute atomic E-state index is 0.157. The SMILES string of the molecule is COC(=O)c1ccc2c(c1)CCN2C(=O)[C@@H](C)NC(=O)c1ccco1. The van der Waals surface area contributed by atoms with Crippen LogP contribution in [0.4, 0.5) is 5.69 Å². The van der Waals surface area contributed by atoms with Crippen LogP contribution in [-0.2, 0) is 16.0 Å². The Bertz CT molecular complexity index is 813. The van der Waals surface area contributed by atoms with Gasteiger partial charge in [-0.25, -0.2) is 4.79 Å². The number of nitrogens with one attached hydrogen (secondary N) is 1. The summed E-state index contributed by atoms with van der Waals surface area (Å²) in [4.78, 5) is 37.9. The number of benzene rings is 1. The number of hydrogen-bond acceptors (Lipinski definition) is 5. The van der Waals surface area contributed by atoms with Crippen molar-refractivity contribution in [1.82, 2.24) is 5.32 Å². The number of hydrogen-bond donors (Lipinski definition) is 1. The van der Waals surface area contributed by atoms with E-state index in [0.717, 1.165) is 11.3 Å². The van der Waals surface area contributed by atoms with Crippen LogP contribution in [0.1, 0.15) is 33.4 Å². The van der Waals surface area contributed by atoms with Gasteiger partial charge in [0.25, 0.3) is 5.91 Å². The number of carbonyl (C=O) groups is 3. The summed E-state index contributed by atoms with van der Waals surface area (Å²) in [5, 5.41) is 2.63. The van der Waals surface area contributed by atoms with E-state index in [-0.39, 0.29) is 11.7 Å². The molecule has 0 fully saturated rings. The lowest BCUT2D eigenvalue weighted by Gasteiger charge is -2.22. The molecule has 0 radical (unpaired) electrons. The van der Waals surface area contributed by atoms with Crippen molar-refractivity contribution in [2.45, 2.75) is 19.4 Å². The molecule has 0 aliphatic carbocycles. The van der Waals surface area contributed by atoms with E-state index < -0.39 is 17.9 Å². The first-order chi connectivity index (χ1) is 12.0. The highest BCUT2D eigenvalue weighted by molar-refractivity contribution is 6.03. The van der Waals surface area contributed by atoms with Gasteiger partial charge in [-0.2, -0.15) is 0 Å². The van der Waals surface area contributed by atoms with Gasteiger partial charge in [0.05, 0.1) is 18.9 Å². The van der Waals surface area contributed by atoms with Crippen LogP contribution < -0.4 is 10.2 Å². The molecule has 1 aromatic carbocycles. The Labute approximate surface area is 144 Å². The van der Waals surface area contributed by atoms with Crippen molar-refractivity contribution in [3.8, 4) is 0 Å². The zero-order valence-corrected chi connectivity index (χ0v) is 13.9. The molecule has 3 rings (SSSR count). The predicted octanol–water partition coefficient (Wildman–Crippen LogP) is 1.77. The van der Waals surface area contributed by atoms with Gasteiger partial charge in [0, 0.05) is 12.2 Å². The number of nitrogens with zero attached hydrogens (tertiary/aromatic N) is 1. The van der Waals surface area contributed by atoms with Gasteiger partial charge in [-0.15, -0.1) is 0 Å². The average molecular weight is 342 g/mol. The fourth-order valence-corrected chi connectivity index (χ4v) is 2.85. The standard InChI is InChI=1S/C18H18N2O5/c1-11(19-16(21)15-4-3-9-25-15)17(22)20-8-7-12-10-13(18(23)24-2)5-6-14(12)20/h3-6,9-11H,7-8H2,1-2H3,(H,19,21)/t11-/m1/s1. The molecule has 1 aliphatic rings. The second-order valence-electron chi connectivity index (χ2n) is 5.75. The molecular weight excluding hydrogens is 324 g/mol. The van der Waals surface area contributed by atoms with Crippen LogP contribution in [-0.4, -0.2) is 37.5 Å². The third-order valence-electron chi connectivity index (χ3n) is 4.13. The van der Waals surface area contributed by atoms with Crippen molar-refractivity contribution < 1.29 is 23.5 Å². The minimum atomic E-state index is -0.705.